The summed E-state index contributed by atoms with van der Waals surface area (Å²) in [4.78, 5) is 8.63. The maximum absolute atomic E-state index is 4.39. The van der Waals surface area contributed by atoms with Gasteiger partial charge >= 0.3 is 0 Å². The van der Waals surface area contributed by atoms with Gasteiger partial charge in [-0.3, -0.25) is 0 Å². The van der Waals surface area contributed by atoms with Crippen LogP contribution in [-0.2, 0) is 13.0 Å². The van der Waals surface area contributed by atoms with Gasteiger partial charge in [-0.25, -0.2) is 14.6 Å². The minimum Gasteiger partial charge on any atom is -0.373 e. The van der Waals surface area contributed by atoms with Crippen molar-refractivity contribution in [3.63, 3.8) is 0 Å². The summed E-state index contributed by atoms with van der Waals surface area (Å²) in [5, 5.41) is 11.2. The molecule has 18 heavy (non-hydrogen) atoms. The van der Waals surface area contributed by atoms with E-state index >= 15 is 0 Å². The first-order valence-electron chi connectivity index (χ1n) is 6.22. The number of nitrogens with zero attached hydrogens (tertiary/aromatic N) is 5. The third-order valence-electron chi connectivity index (χ3n) is 2.83. The van der Waals surface area contributed by atoms with Crippen molar-refractivity contribution in [3.05, 3.63) is 18.1 Å². The first-order chi connectivity index (χ1) is 8.81. The van der Waals surface area contributed by atoms with Gasteiger partial charge in [0.05, 0.1) is 11.9 Å². The van der Waals surface area contributed by atoms with Crippen molar-refractivity contribution in [1.29, 1.82) is 0 Å². The van der Waals surface area contributed by atoms with Gasteiger partial charge in [-0.1, -0.05) is 19.1 Å². The van der Waals surface area contributed by atoms with E-state index in [2.05, 4.69) is 39.4 Å². The van der Waals surface area contributed by atoms with E-state index in [4.69, 9.17) is 0 Å². The summed E-state index contributed by atoms with van der Waals surface area (Å²) in [6.45, 7) is 5.06. The molecule has 0 bridgehead atoms. The Morgan fingerprint density at radius 2 is 2.11 bits per heavy atom. The van der Waals surface area contributed by atoms with Crippen LogP contribution in [-0.4, -0.2) is 32.0 Å². The summed E-state index contributed by atoms with van der Waals surface area (Å²) in [6, 6.07) is 0. The second kappa shape index (κ2) is 5.57. The van der Waals surface area contributed by atoms with Crippen molar-refractivity contribution in [3.8, 4) is 11.4 Å². The standard InChI is InChI=1S/C12H18N6/c1-4-6-18-10(7-16-17-18)11-9(5-2)12(13-3)15-8-14-11/h7-8H,4-6H2,1-3H3,(H,13,14,15). The van der Waals surface area contributed by atoms with Crippen LogP contribution < -0.4 is 5.32 Å². The van der Waals surface area contributed by atoms with Crippen molar-refractivity contribution in [2.24, 2.45) is 0 Å². The van der Waals surface area contributed by atoms with E-state index in [0.29, 0.717) is 0 Å². The Labute approximate surface area is 106 Å². The SMILES string of the molecule is CCCn1nncc1-c1ncnc(NC)c1CC. The molecular weight excluding hydrogens is 228 g/mol. The molecule has 6 heteroatoms. The van der Waals surface area contributed by atoms with Crippen molar-refractivity contribution in [2.45, 2.75) is 33.2 Å². The molecule has 2 aromatic rings. The molecule has 0 aliphatic carbocycles. The number of nitrogens with one attached hydrogen (secondary N) is 1. The second-order valence-electron chi connectivity index (χ2n) is 4.00. The summed E-state index contributed by atoms with van der Waals surface area (Å²) < 4.78 is 1.89. The fourth-order valence-electron chi connectivity index (χ4n) is 2.00. The van der Waals surface area contributed by atoms with E-state index in [1.165, 1.54) is 0 Å². The molecule has 0 spiro atoms. The molecule has 0 unspecified atom stereocenters. The van der Waals surface area contributed by atoms with Gasteiger partial charge in [0.1, 0.15) is 17.8 Å². The molecule has 0 amide bonds. The van der Waals surface area contributed by atoms with Gasteiger partial charge < -0.3 is 5.32 Å². The minimum absolute atomic E-state index is 0.845. The molecule has 0 saturated heterocycles. The fraction of sp³-hybridized carbons (Fsp3) is 0.500. The lowest BCUT2D eigenvalue weighted by Crippen LogP contribution is -2.07. The van der Waals surface area contributed by atoms with Crippen LogP contribution in [0, 0.1) is 0 Å². The maximum Gasteiger partial charge on any atom is 0.132 e. The molecule has 0 aliphatic rings. The van der Waals surface area contributed by atoms with Crippen molar-refractivity contribution in [2.75, 3.05) is 12.4 Å². The van der Waals surface area contributed by atoms with Crippen LogP contribution in [0.3, 0.4) is 0 Å². The van der Waals surface area contributed by atoms with Gasteiger partial charge in [-0.15, -0.1) is 5.10 Å². The second-order valence-corrected chi connectivity index (χ2v) is 4.00. The molecule has 0 aliphatic heterocycles. The highest BCUT2D eigenvalue weighted by atomic mass is 15.4. The molecule has 0 radical (unpaired) electrons. The minimum atomic E-state index is 0.845. The third kappa shape index (κ3) is 2.18. The van der Waals surface area contributed by atoms with Crippen LogP contribution in [0.25, 0.3) is 11.4 Å². The largest absolute Gasteiger partial charge is 0.373 e. The van der Waals surface area contributed by atoms with Crippen molar-refractivity contribution in [1.82, 2.24) is 25.0 Å². The Bertz CT molecular complexity index is 519. The van der Waals surface area contributed by atoms with Crippen LogP contribution in [0.5, 0.6) is 0 Å². The van der Waals surface area contributed by atoms with E-state index in [1.54, 1.807) is 12.5 Å². The predicted octanol–water partition coefficient (Wildman–Crippen LogP) is 1.75. The Morgan fingerprint density at radius 1 is 1.28 bits per heavy atom. The Hall–Kier alpha value is -1.98. The number of hydrogen-bond acceptors (Lipinski definition) is 5. The quantitative estimate of drug-likeness (QED) is 0.870. The van der Waals surface area contributed by atoms with Crippen molar-refractivity contribution >= 4 is 5.82 Å². The first-order valence-corrected chi connectivity index (χ1v) is 6.22. The fourth-order valence-corrected chi connectivity index (χ4v) is 2.00. The highest BCUT2D eigenvalue weighted by Crippen LogP contribution is 2.25. The third-order valence-corrected chi connectivity index (χ3v) is 2.83. The molecule has 2 aromatic heterocycles. The summed E-state index contributed by atoms with van der Waals surface area (Å²) in [5.41, 5.74) is 2.96. The molecule has 6 nitrogen and oxygen atoms in total. The van der Waals surface area contributed by atoms with Gasteiger partial charge in [-0.05, 0) is 12.8 Å². The Balaban J connectivity index is 2.52. The zero-order chi connectivity index (χ0) is 13.0. The molecule has 2 heterocycles. The molecule has 96 valence electrons. The zero-order valence-electron chi connectivity index (χ0n) is 11.0. The van der Waals surface area contributed by atoms with Crippen LogP contribution in [0.15, 0.2) is 12.5 Å². The van der Waals surface area contributed by atoms with E-state index < -0.39 is 0 Å². The number of anilines is 1. The Kier molecular flexibility index (Phi) is 3.86. The number of aryl methyl sites for hydroxylation is 1. The number of hydrogen-bond donors (Lipinski definition) is 1. The summed E-state index contributed by atoms with van der Waals surface area (Å²) in [6.07, 6.45) is 5.21. The highest BCUT2D eigenvalue weighted by Gasteiger charge is 2.14. The summed E-state index contributed by atoms with van der Waals surface area (Å²) >= 11 is 0. The summed E-state index contributed by atoms with van der Waals surface area (Å²) in [5.74, 6) is 0.867. The number of rotatable bonds is 5. The van der Waals surface area contributed by atoms with Crippen LogP contribution >= 0.6 is 0 Å². The van der Waals surface area contributed by atoms with Gasteiger partial charge in [0.2, 0.25) is 0 Å². The normalized spacial score (nSPS) is 10.6. The topological polar surface area (TPSA) is 68.5 Å². The lowest BCUT2D eigenvalue weighted by Gasteiger charge is -2.11. The highest BCUT2D eigenvalue weighted by molar-refractivity contribution is 5.64. The van der Waals surface area contributed by atoms with E-state index in [1.807, 2.05) is 11.7 Å². The molecule has 0 fully saturated rings. The molecule has 1 N–H and O–H groups in total. The lowest BCUT2D eigenvalue weighted by atomic mass is 10.1. The van der Waals surface area contributed by atoms with E-state index in [9.17, 15) is 0 Å². The average molecular weight is 246 g/mol. The molecule has 0 aromatic carbocycles. The van der Waals surface area contributed by atoms with E-state index in [-0.39, 0.29) is 0 Å². The molecule has 2 rings (SSSR count). The molecular formula is C12H18N6. The number of aromatic nitrogens is 5. The smallest absolute Gasteiger partial charge is 0.132 e. The first kappa shape index (κ1) is 12.5. The van der Waals surface area contributed by atoms with Gasteiger partial charge in [0.15, 0.2) is 0 Å². The van der Waals surface area contributed by atoms with Gasteiger partial charge in [0, 0.05) is 19.2 Å². The monoisotopic (exact) mass is 246 g/mol. The summed E-state index contributed by atoms with van der Waals surface area (Å²) in [7, 11) is 1.87. The van der Waals surface area contributed by atoms with Crippen LogP contribution in [0.4, 0.5) is 5.82 Å². The average Bonchev–Trinajstić information content (AvgIpc) is 2.86. The van der Waals surface area contributed by atoms with Gasteiger partial charge in [-0.2, -0.15) is 0 Å². The lowest BCUT2D eigenvalue weighted by molar-refractivity contribution is 0.583. The zero-order valence-corrected chi connectivity index (χ0v) is 11.0. The van der Waals surface area contributed by atoms with Crippen LogP contribution in [0.2, 0.25) is 0 Å². The predicted molar refractivity (Wildman–Crippen MR) is 70.3 cm³/mol. The van der Waals surface area contributed by atoms with Crippen LogP contribution in [0.1, 0.15) is 25.8 Å². The van der Waals surface area contributed by atoms with Gasteiger partial charge in [0.25, 0.3) is 0 Å². The van der Waals surface area contributed by atoms with E-state index in [0.717, 1.165) is 42.2 Å². The van der Waals surface area contributed by atoms with Crippen molar-refractivity contribution < 1.29 is 0 Å². The Morgan fingerprint density at radius 3 is 2.78 bits per heavy atom. The maximum atomic E-state index is 4.39. The molecule has 0 saturated carbocycles. The molecule has 0 atom stereocenters.